The number of carbonyl (C=O) groups excluding carboxylic acids is 1. The summed E-state index contributed by atoms with van der Waals surface area (Å²) in [6, 6.07) is 14.7. The topological polar surface area (TPSA) is 63.2 Å². The van der Waals surface area contributed by atoms with E-state index in [1.165, 1.54) is 37.6 Å². The quantitative estimate of drug-likeness (QED) is 0.639. The van der Waals surface area contributed by atoms with Crippen molar-refractivity contribution in [2.75, 3.05) is 17.7 Å². The molecule has 0 atom stereocenters. The lowest BCUT2D eigenvalue weighted by atomic mass is 10.1. The van der Waals surface area contributed by atoms with Crippen LogP contribution in [0.25, 0.3) is 0 Å². The van der Waals surface area contributed by atoms with Crippen LogP contribution in [0.15, 0.2) is 66.9 Å². The van der Waals surface area contributed by atoms with Gasteiger partial charge in [-0.2, -0.15) is 13.2 Å². The molecule has 0 spiro atoms. The molecule has 0 bridgehead atoms. The summed E-state index contributed by atoms with van der Waals surface area (Å²) in [6.45, 7) is 0. The van der Waals surface area contributed by atoms with Gasteiger partial charge < -0.3 is 15.4 Å². The lowest BCUT2D eigenvalue weighted by Crippen LogP contribution is -2.12. The van der Waals surface area contributed by atoms with Crippen molar-refractivity contribution in [2.45, 2.75) is 6.18 Å². The molecule has 3 aromatic rings. The first-order valence-corrected chi connectivity index (χ1v) is 8.21. The van der Waals surface area contributed by atoms with Gasteiger partial charge in [0, 0.05) is 5.56 Å². The lowest BCUT2D eigenvalue weighted by Gasteiger charge is -2.14. The zero-order chi connectivity index (χ0) is 20.1. The Hall–Kier alpha value is -3.55. The zero-order valence-corrected chi connectivity index (χ0v) is 14.7. The molecule has 0 aliphatic carbocycles. The second kappa shape index (κ2) is 7.99. The molecular weight excluding hydrogens is 371 g/mol. The maximum Gasteiger partial charge on any atom is 0.418 e. The number of hydrogen-bond acceptors (Lipinski definition) is 4. The van der Waals surface area contributed by atoms with Gasteiger partial charge in [-0.1, -0.05) is 12.1 Å². The highest BCUT2D eigenvalue weighted by atomic mass is 19.4. The van der Waals surface area contributed by atoms with E-state index < -0.39 is 11.7 Å². The summed E-state index contributed by atoms with van der Waals surface area (Å²) in [4.78, 5) is 16.3. The number of nitrogens with one attached hydrogen (secondary N) is 2. The predicted molar refractivity (Wildman–Crippen MR) is 99.9 cm³/mol. The van der Waals surface area contributed by atoms with Crippen molar-refractivity contribution in [2.24, 2.45) is 0 Å². The van der Waals surface area contributed by atoms with Crippen LogP contribution >= 0.6 is 0 Å². The molecule has 5 nitrogen and oxygen atoms in total. The first-order chi connectivity index (χ1) is 13.4. The molecule has 3 rings (SSSR count). The number of amides is 1. The van der Waals surface area contributed by atoms with Crippen LogP contribution in [0.5, 0.6) is 5.75 Å². The van der Waals surface area contributed by atoms with Gasteiger partial charge in [0.15, 0.2) is 0 Å². The summed E-state index contributed by atoms with van der Waals surface area (Å²) < 4.78 is 44.2. The second-order valence-electron chi connectivity index (χ2n) is 5.78. The summed E-state index contributed by atoms with van der Waals surface area (Å²) in [5.41, 5.74) is -0.0382. The Morgan fingerprint density at radius 3 is 2.32 bits per heavy atom. The Balaban J connectivity index is 1.69. The number of aromatic nitrogens is 1. The molecule has 1 aromatic heterocycles. The van der Waals surface area contributed by atoms with Gasteiger partial charge in [0.25, 0.3) is 5.91 Å². The van der Waals surface area contributed by atoms with Crippen LogP contribution in [-0.4, -0.2) is 18.0 Å². The Morgan fingerprint density at radius 2 is 1.71 bits per heavy atom. The zero-order valence-electron chi connectivity index (χ0n) is 14.7. The van der Waals surface area contributed by atoms with E-state index in [-0.39, 0.29) is 17.4 Å². The molecular formula is C20H16F3N3O2. The molecule has 1 amide bonds. The minimum Gasteiger partial charge on any atom is -0.497 e. The molecule has 144 valence electrons. The van der Waals surface area contributed by atoms with E-state index in [0.717, 1.165) is 6.07 Å². The van der Waals surface area contributed by atoms with Gasteiger partial charge in [0.1, 0.15) is 11.6 Å². The van der Waals surface area contributed by atoms with Gasteiger partial charge in [-0.25, -0.2) is 4.98 Å². The number of rotatable bonds is 5. The summed E-state index contributed by atoms with van der Waals surface area (Å²) in [6.07, 6.45) is -3.12. The average molecular weight is 387 g/mol. The number of pyridine rings is 1. The van der Waals surface area contributed by atoms with Gasteiger partial charge in [-0.3, -0.25) is 4.79 Å². The maximum absolute atomic E-state index is 13.1. The lowest BCUT2D eigenvalue weighted by molar-refractivity contribution is -0.136. The van der Waals surface area contributed by atoms with Crippen molar-refractivity contribution in [1.29, 1.82) is 0 Å². The minimum atomic E-state index is -4.48. The monoisotopic (exact) mass is 387 g/mol. The number of para-hydroxylation sites is 1. The molecule has 0 aliphatic heterocycles. The van der Waals surface area contributed by atoms with Crippen molar-refractivity contribution in [3.05, 3.63) is 78.0 Å². The number of hydrogen-bond donors (Lipinski definition) is 2. The van der Waals surface area contributed by atoms with Crippen LogP contribution in [0.4, 0.5) is 30.4 Å². The van der Waals surface area contributed by atoms with Crippen molar-refractivity contribution < 1.29 is 22.7 Å². The smallest absolute Gasteiger partial charge is 0.418 e. The Labute approximate surface area is 159 Å². The van der Waals surface area contributed by atoms with Crippen molar-refractivity contribution >= 4 is 23.1 Å². The highest BCUT2D eigenvalue weighted by Crippen LogP contribution is 2.35. The Kier molecular flexibility index (Phi) is 5.49. The van der Waals surface area contributed by atoms with E-state index in [4.69, 9.17) is 4.74 Å². The molecule has 0 aliphatic rings. The summed E-state index contributed by atoms with van der Waals surface area (Å²) >= 11 is 0. The molecule has 2 N–H and O–H groups in total. The number of halogens is 3. The average Bonchev–Trinajstić information content (AvgIpc) is 2.69. The fraction of sp³-hybridized carbons (Fsp3) is 0.100. The first kappa shape index (κ1) is 19.2. The van der Waals surface area contributed by atoms with Gasteiger partial charge in [-0.05, 0) is 48.5 Å². The number of ether oxygens (including phenoxy) is 1. The highest BCUT2D eigenvalue weighted by molar-refractivity contribution is 6.04. The number of methoxy groups -OCH3 is 1. The molecule has 0 unspecified atom stereocenters. The molecule has 1 heterocycles. The van der Waals surface area contributed by atoms with Gasteiger partial charge in [0.05, 0.1) is 30.2 Å². The number of anilines is 3. The van der Waals surface area contributed by atoms with E-state index in [0.29, 0.717) is 17.0 Å². The van der Waals surface area contributed by atoms with E-state index in [9.17, 15) is 18.0 Å². The number of benzene rings is 2. The molecule has 0 saturated heterocycles. The van der Waals surface area contributed by atoms with Crippen LogP contribution < -0.4 is 15.4 Å². The van der Waals surface area contributed by atoms with Crippen LogP contribution in [0.1, 0.15) is 15.9 Å². The molecule has 0 saturated carbocycles. The van der Waals surface area contributed by atoms with Crippen LogP contribution in [0, 0.1) is 0 Å². The fourth-order valence-electron chi connectivity index (χ4n) is 2.46. The summed E-state index contributed by atoms with van der Waals surface area (Å²) in [5, 5.41) is 5.32. The molecule has 0 radical (unpaired) electrons. The van der Waals surface area contributed by atoms with Gasteiger partial charge in [-0.15, -0.1) is 0 Å². The van der Waals surface area contributed by atoms with Crippen molar-refractivity contribution in [3.63, 3.8) is 0 Å². The second-order valence-corrected chi connectivity index (χ2v) is 5.78. The predicted octanol–water partition coefficient (Wildman–Crippen LogP) is 5.10. The Morgan fingerprint density at radius 1 is 1.00 bits per heavy atom. The molecule has 28 heavy (non-hydrogen) atoms. The molecule has 0 fully saturated rings. The fourth-order valence-corrected chi connectivity index (χ4v) is 2.46. The van der Waals surface area contributed by atoms with E-state index in [1.54, 1.807) is 30.3 Å². The third kappa shape index (κ3) is 4.59. The van der Waals surface area contributed by atoms with Gasteiger partial charge >= 0.3 is 6.18 Å². The van der Waals surface area contributed by atoms with Crippen LogP contribution in [0.3, 0.4) is 0 Å². The van der Waals surface area contributed by atoms with Crippen molar-refractivity contribution in [1.82, 2.24) is 4.98 Å². The first-order valence-electron chi connectivity index (χ1n) is 8.21. The third-order valence-electron chi connectivity index (χ3n) is 3.87. The minimum absolute atomic E-state index is 0.0995. The van der Waals surface area contributed by atoms with Crippen LogP contribution in [0.2, 0.25) is 0 Å². The van der Waals surface area contributed by atoms with Gasteiger partial charge in [0.2, 0.25) is 0 Å². The standard InChI is InChI=1S/C20H16F3N3O2/c1-28-15-9-6-13(7-10-15)19(27)25-14-8-11-18(24-12-14)26-17-5-3-2-4-16(17)20(21,22)23/h2-12H,1H3,(H,24,26)(H,25,27). The van der Waals surface area contributed by atoms with E-state index >= 15 is 0 Å². The van der Waals surface area contributed by atoms with Crippen LogP contribution in [-0.2, 0) is 6.18 Å². The molecule has 8 heteroatoms. The number of carbonyl (C=O) groups is 1. The SMILES string of the molecule is COc1ccc(C(=O)Nc2ccc(Nc3ccccc3C(F)(F)F)nc2)cc1. The molecule has 2 aromatic carbocycles. The Bertz CT molecular complexity index is 956. The largest absolute Gasteiger partial charge is 0.497 e. The van der Waals surface area contributed by atoms with E-state index in [2.05, 4.69) is 15.6 Å². The number of alkyl halides is 3. The highest BCUT2D eigenvalue weighted by Gasteiger charge is 2.33. The summed E-state index contributed by atoms with van der Waals surface area (Å²) in [5.74, 6) is 0.513. The number of nitrogens with zero attached hydrogens (tertiary/aromatic N) is 1. The van der Waals surface area contributed by atoms with E-state index in [1.807, 2.05) is 0 Å². The third-order valence-corrected chi connectivity index (χ3v) is 3.87. The van der Waals surface area contributed by atoms with Crippen molar-refractivity contribution in [3.8, 4) is 5.75 Å². The normalized spacial score (nSPS) is 11.0. The maximum atomic E-state index is 13.1. The summed E-state index contributed by atoms with van der Waals surface area (Å²) in [7, 11) is 1.53.